The minimum atomic E-state index is 0. The highest BCUT2D eigenvalue weighted by Crippen LogP contribution is 2.54. The summed E-state index contributed by atoms with van der Waals surface area (Å²) in [6.07, 6.45) is 6.60. The van der Waals surface area contributed by atoms with Crippen LogP contribution < -0.4 is 10.6 Å². The first-order valence-electron chi connectivity index (χ1n) is 9.62. The average Bonchev–Trinajstić information content (AvgIpc) is 3.13. The number of benzene rings is 1. The van der Waals surface area contributed by atoms with Gasteiger partial charge in [0.1, 0.15) is 5.75 Å². The summed E-state index contributed by atoms with van der Waals surface area (Å²) in [7, 11) is 0. The third kappa shape index (κ3) is 4.63. The van der Waals surface area contributed by atoms with Crippen LogP contribution in [-0.2, 0) is 11.3 Å². The summed E-state index contributed by atoms with van der Waals surface area (Å²) < 4.78 is 6.00. The van der Waals surface area contributed by atoms with Gasteiger partial charge in [0.25, 0.3) is 0 Å². The molecule has 3 rings (SSSR count). The van der Waals surface area contributed by atoms with Gasteiger partial charge in [0, 0.05) is 24.6 Å². The number of aromatic hydroxyl groups is 1. The zero-order chi connectivity index (χ0) is 17.7. The maximum absolute atomic E-state index is 9.39. The molecular formula is C20H32IN3O2. The Morgan fingerprint density at radius 1 is 1.23 bits per heavy atom. The second kappa shape index (κ2) is 9.78. The summed E-state index contributed by atoms with van der Waals surface area (Å²) in [5.74, 6) is 1.17. The fourth-order valence-electron chi connectivity index (χ4n) is 4.35. The Morgan fingerprint density at radius 2 is 1.92 bits per heavy atom. The first-order valence-corrected chi connectivity index (χ1v) is 9.62. The molecule has 2 saturated carbocycles. The zero-order valence-electron chi connectivity index (χ0n) is 15.8. The standard InChI is InChI=1S/C20H31N3O2.HI/c1-3-21-19(22-14-15-7-9-16(24)10-8-15)23-17-13-18(25-4-2)20(17)11-5-6-12-20;/h7-10,17-18,24H,3-6,11-14H2,1-2H3,(H2,21,22,23);1H. The number of phenols is 1. The summed E-state index contributed by atoms with van der Waals surface area (Å²) in [4.78, 5) is 4.73. The lowest BCUT2D eigenvalue weighted by Gasteiger charge is -2.54. The largest absolute Gasteiger partial charge is 0.508 e. The molecule has 5 nitrogen and oxygen atoms in total. The number of aliphatic imine (C=N–C) groups is 1. The van der Waals surface area contributed by atoms with Crippen LogP contribution >= 0.6 is 24.0 Å². The van der Waals surface area contributed by atoms with Gasteiger partial charge in [-0.3, -0.25) is 0 Å². The molecule has 0 amide bonds. The Hall–Kier alpha value is -1.02. The Labute approximate surface area is 174 Å². The molecule has 26 heavy (non-hydrogen) atoms. The fourth-order valence-corrected chi connectivity index (χ4v) is 4.35. The molecule has 0 aromatic heterocycles. The molecule has 1 spiro atoms. The second-order valence-electron chi connectivity index (χ2n) is 7.18. The number of guanidine groups is 1. The molecule has 3 N–H and O–H groups in total. The van der Waals surface area contributed by atoms with E-state index in [2.05, 4.69) is 24.5 Å². The van der Waals surface area contributed by atoms with Crippen molar-refractivity contribution in [2.75, 3.05) is 13.2 Å². The van der Waals surface area contributed by atoms with E-state index in [1.54, 1.807) is 12.1 Å². The number of rotatable bonds is 6. The lowest BCUT2D eigenvalue weighted by molar-refractivity contribution is -0.125. The minimum Gasteiger partial charge on any atom is -0.508 e. The van der Waals surface area contributed by atoms with Crippen LogP contribution in [-0.4, -0.2) is 36.4 Å². The van der Waals surface area contributed by atoms with Gasteiger partial charge in [-0.15, -0.1) is 24.0 Å². The molecule has 1 aromatic rings. The fraction of sp³-hybridized carbons (Fsp3) is 0.650. The van der Waals surface area contributed by atoms with E-state index in [9.17, 15) is 5.11 Å². The van der Waals surface area contributed by atoms with E-state index in [4.69, 9.17) is 9.73 Å². The lowest BCUT2D eigenvalue weighted by Crippen LogP contribution is -2.65. The number of phenolic OH excluding ortho intramolecular Hbond substituents is 1. The number of ether oxygens (including phenoxy) is 1. The third-order valence-electron chi connectivity index (χ3n) is 5.70. The van der Waals surface area contributed by atoms with Crippen LogP contribution in [0.25, 0.3) is 0 Å². The normalized spacial score (nSPS) is 24.0. The monoisotopic (exact) mass is 473 g/mol. The SMILES string of the molecule is CCNC(=NCc1ccc(O)cc1)NC1CC(OCC)C12CCCC2.I. The molecule has 0 bridgehead atoms. The zero-order valence-corrected chi connectivity index (χ0v) is 18.2. The highest BCUT2D eigenvalue weighted by Gasteiger charge is 2.56. The molecule has 2 fully saturated rings. The number of hydrogen-bond donors (Lipinski definition) is 3. The molecule has 0 radical (unpaired) electrons. The van der Waals surface area contributed by atoms with Crippen LogP contribution in [0.15, 0.2) is 29.3 Å². The third-order valence-corrected chi connectivity index (χ3v) is 5.70. The van der Waals surface area contributed by atoms with E-state index in [0.717, 1.165) is 31.1 Å². The highest BCUT2D eigenvalue weighted by atomic mass is 127. The van der Waals surface area contributed by atoms with Gasteiger partial charge in [0.15, 0.2) is 5.96 Å². The summed E-state index contributed by atoms with van der Waals surface area (Å²) >= 11 is 0. The van der Waals surface area contributed by atoms with Crippen molar-refractivity contribution < 1.29 is 9.84 Å². The van der Waals surface area contributed by atoms with Crippen molar-refractivity contribution in [2.24, 2.45) is 10.4 Å². The highest BCUT2D eigenvalue weighted by molar-refractivity contribution is 14.0. The van der Waals surface area contributed by atoms with Crippen LogP contribution in [0, 0.1) is 5.41 Å². The van der Waals surface area contributed by atoms with E-state index in [1.807, 2.05) is 12.1 Å². The first kappa shape index (κ1) is 21.3. The number of hydrogen-bond acceptors (Lipinski definition) is 3. The van der Waals surface area contributed by atoms with Gasteiger partial charge in [-0.1, -0.05) is 25.0 Å². The van der Waals surface area contributed by atoms with Crippen molar-refractivity contribution in [2.45, 2.75) is 64.6 Å². The van der Waals surface area contributed by atoms with Gasteiger partial charge in [-0.05, 0) is 50.8 Å². The average molecular weight is 473 g/mol. The predicted octanol–water partition coefficient (Wildman–Crippen LogP) is 3.80. The number of nitrogens with one attached hydrogen (secondary N) is 2. The number of halogens is 1. The maximum Gasteiger partial charge on any atom is 0.191 e. The van der Waals surface area contributed by atoms with E-state index < -0.39 is 0 Å². The van der Waals surface area contributed by atoms with Gasteiger partial charge in [-0.2, -0.15) is 0 Å². The number of nitrogens with zero attached hydrogens (tertiary/aromatic N) is 1. The van der Waals surface area contributed by atoms with Crippen LogP contribution in [0.4, 0.5) is 0 Å². The quantitative estimate of drug-likeness (QED) is 0.334. The molecule has 2 atom stereocenters. The van der Waals surface area contributed by atoms with Crippen LogP contribution in [0.5, 0.6) is 5.75 Å². The first-order chi connectivity index (χ1) is 12.2. The predicted molar refractivity (Wildman–Crippen MR) is 116 cm³/mol. The van der Waals surface area contributed by atoms with Gasteiger partial charge in [-0.25, -0.2) is 4.99 Å². The summed E-state index contributed by atoms with van der Waals surface area (Å²) in [6.45, 7) is 6.42. The Balaban J connectivity index is 0.00000243. The molecule has 6 heteroatoms. The Kier molecular flexibility index (Phi) is 8.01. The van der Waals surface area contributed by atoms with Gasteiger partial charge in [0.2, 0.25) is 0 Å². The molecule has 0 heterocycles. The van der Waals surface area contributed by atoms with Crippen molar-refractivity contribution in [3.05, 3.63) is 29.8 Å². The van der Waals surface area contributed by atoms with Crippen LogP contribution in [0.1, 0.15) is 51.5 Å². The summed E-state index contributed by atoms with van der Waals surface area (Å²) in [5.41, 5.74) is 1.39. The topological polar surface area (TPSA) is 65.9 Å². The van der Waals surface area contributed by atoms with Crippen molar-refractivity contribution in [3.63, 3.8) is 0 Å². The van der Waals surface area contributed by atoms with Crippen molar-refractivity contribution in [3.8, 4) is 5.75 Å². The van der Waals surface area contributed by atoms with Crippen LogP contribution in [0.2, 0.25) is 0 Å². The lowest BCUT2D eigenvalue weighted by atomic mass is 9.60. The van der Waals surface area contributed by atoms with E-state index >= 15 is 0 Å². The molecule has 2 unspecified atom stereocenters. The molecule has 146 valence electrons. The molecule has 0 aliphatic heterocycles. The van der Waals surface area contributed by atoms with E-state index in [1.165, 1.54) is 25.7 Å². The van der Waals surface area contributed by atoms with Gasteiger partial charge >= 0.3 is 0 Å². The van der Waals surface area contributed by atoms with Crippen molar-refractivity contribution >= 4 is 29.9 Å². The summed E-state index contributed by atoms with van der Waals surface area (Å²) in [6, 6.07) is 7.68. The second-order valence-corrected chi connectivity index (χ2v) is 7.18. The minimum absolute atomic E-state index is 0. The van der Waals surface area contributed by atoms with E-state index in [0.29, 0.717) is 24.1 Å². The Bertz CT molecular complexity index is 585. The molecule has 1 aromatic carbocycles. The molecular weight excluding hydrogens is 441 g/mol. The molecule has 2 aliphatic carbocycles. The summed E-state index contributed by atoms with van der Waals surface area (Å²) in [5, 5.41) is 16.4. The maximum atomic E-state index is 9.39. The van der Waals surface area contributed by atoms with Crippen molar-refractivity contribution in [1.29, 1.82) is 0 Å². The van der Waals surface area contributed by atoms with Gasteiger partial charge in [0.05, 0.1) is 12.6 Å². The molecule has 2 aliphatic rings. The van der Waals surface area contributed by atoms with Gasteiger partial charge < -0.3 is 20.5 Å². The van der Waals surface area contributed by atoms with Crippen LogP contribution in [0.3, 0.4) is 0 Å². The Morgan fingerprint density at radius 3 is 2.54 bits per heavy atom. The molecule has 0 saturated heterocycles. The smallest absolute Gasteiger partial charge is 0.191 e. The van der Waals surface area contributed by atoms with Crippen molar-refractivity contribution in [1.82, 2.24) is 10.6 Å². The van der Waals surface area contributed by atoms with E-state index in [-0.39, 0.29) is 29.7 Å².